The van der Waals surface area contributed by atoms with Gasteiger partial charge in [0.25, 0.3) is 0 Å². The van der Waals surface area contributed by atoms with E-state index in [1.807, 2.05) is 12.1 Å². The molecular weight excluding hydrogens is 234 g/mol. The van der Waals surface area contributed by atoms with Crippen molar-refractivity contribution in [2.75, 3.05) is 5.32 Å². The topological polar surface area (TPSA) is 29.1 Å². The van der Waals surface area contributed by atoms with Crippen LogP contribution in [0.25, 0.3) is 0 Å². The smallest absolute Gasteiger partial charge is 0.227 e. The summed E-state index contributed by atoms with van der Waals surface area (Å²) in [6.45, 7) is 0. The summed E-state index contributed by atoms with van der Waals surface area (Å²) in [5, 5.41) is 3.12. The number of hydrogen-bond donors (Lipinski definition) is 1. The monoisotopic (exact) mass is 259 g/mol. The van der Waals surface area contributed by atoms with E-state index in [2.05, 4.69) is 17.4 Å². The Balaban J connectivity index is 0.00000147. The lowest BCUT2D eigenvalue weighted by molar-refractivity contribution is -0.120. The molecule has 2 heteroatoms. The molecule has 0 saturated heterocycles. The van der Waals surface area contributed by atoms with Crippen LogP contribution in [-0.2, 0) is 11.2 Å². The number of fused-ring (bicyclic) bond motifs is 1. The largest absolute Gasteiger partial charge is 0.326 e. The Bertz CT molecular complexity index is 454. The molecule has 1 heterocycles. The second-order valence-corrected chi connectivity index (χ2v) is 6.12. The van der Waals surface area contributed by atoms with E-state index < -0.39 is 0 Å². The van der Waals surface area contributed by atoms with Gasteiger partial charge < -0.3 is 5.32 Å². The molecule has 2 nitrogen and oxygen atoms in total. The van der Waals surface area contributed by atoms with Crippen LogP contribution in [0, 0.1) is 11.8 Å². The Morgan fingerprint density at radius 2 is 1.89 bits per heavy atom. The molecule has 1 unspecified atom stereocenters. The molecule has 0 bridgehead atoms. The van der Waals surface area contributed by atoms with Crippen molar-refractivity contribution < 1.29 is 6.22 Å². The minimum Gasteiger partial charge on any atom is -0.326 e. The lowest BCUT2D eigenvalue weighted by atomic mass is 9.81. The highest BCUT2D eigenvalue weighted by atomic mass is 16.1. The summed E-state index contributed by atoms with van der Waals surface area (Å²) in [7, 11) is 0. The van der Waals surface area contributed by atoms with Gasteiger partial charge in [-0.25, -0.2) is 0 Å². The van der Waals surface area contributed by atoms with Crippen LogP contribution in [0.4, 0.5) is 5.69 Å². The van der Waals surface area contributed by atoms with E-state index in [4.69, 9.17) is 0 Å². The second-order valence-electron chi connectivity index (χ2n) is 6.12. The van der Waals surface area contributed by atoms with Gasteiger partial charge in [-0.3, -0.25) is 4.79 Å². The van der Waals surface area contributed by atoms with E-state index in [0.717, 1.165) is 30.9 Å². The Morgan fingerprint density at radius 3 is 2.74 bits per heavy atom. The van der Waals surface area contributed by atoms with Crippen molar-refractivity contribution in [3.8, 4) is 0 Å². The predicted octanol–water partition coefficient (Wildman–Crippen LogP) is 4.40. The van der Waals surface area contributed by atoms with Crippen LogP contribution in [-0.4, -0.2) is 5.91 Å². The van der Waals surface area contributed by atoms with Crippen molar-refractivity contribution in [1.29, 1.82) is 0 Å². The van der Waals surface area contributed by atoms with Crippen molar-refractivity contribution in [3.63, 3.8) is 0 Å². The average Bonchev–Trinajstić information content (AvgIpc) is 2.60. The third-order valence-electron chi connectivity index (χ3n) is 4.75. The lowest BCUT2D eigenvalue weighted by Gasteiger charge is -2.25. The van der Waals surface area contributed by atoms with Crippen molar-refractivity contribution in [2.24, 2.45) is 11.8 Å². The van der Waals surface area contributed by atoms with E-state index in [1.165, 1.54) is 37.7 Å². The zero-order chi connectivity index (χ0) is 13.1. The van der Waals surface area contributed by atoms with E-state index in [0.29, 0.717) is 0 Å². The van der Waals surface area contributed by atoms with Crippen molar-refractivity contribution in [2.45, 2.75) is 51.4 Å². The van der Waals surface area contributed by atoms with Gasteiger partial charge in [0.05, 0.1) is 0 Å². The highest BCUT2D eigenvalue weighted by molar-refractivity contribution is 5.94. The fraction of sp³-hybridized carbons (Fsp3) is 0.588. The van der Waals surface area contributed by atoms with Gasteiger partial charge >= 0.3 is 0 Å². The van der Waals surface area contributed by atoms with Gasteiger partial charge in [0.2, 0.25) is 5.91 Å². The minimum absolute atomic E-state index is 0. The molecule has 2 aliphatic rings. The molecule has 1 aliphatic heterocycles. The molecule has 1 aromatic rings. The predicted molar refractivity (Wildman–Crippen MR) is 80.2 cm³/mol. The number of carbonyl (C=O) groups excluding carboxylic acids is 1. The molecule has 19 heavy (non-hydrogen) atoms. The maximum Gasteiger partial charge on any atom is 0.227 e. The standard InChI is InChI=1S/C17H23NO.H2/c19-17-15(12-13-6-2-1-3-7-13)11-10-14-8-4-5-9-16(14)18-17;/h4-5,8-9,13,15H,1-3,6-7,10-12H2,(H,18,19);1H. The molecule has 1 fully saturated rings. The Labute approximate surface area is 117 Å². The SMILES string of the molecule is O=C1Nc2ccccc2CCC1CC1CCCCC1.[HH]. The van der Waals surface area contributed by atoms with Gasteiger partial charge in [0.1, 0.15) is 0 Å². The van der Waals surface area contributed by atoms with Crippen LogP contribution in [0.2, 0.25) is 0 Å². The first-order chi connectivity index (χ1) is 9.33. The minimum atomic E-state index is 0. The summed E-state index contributed by atoms with van der Waals surface area (Å²) < 4.78 is 0. The molecule has 3 rings (SSSR count). The molecular formula is C17H25NO. The van der Waals surface area contributed by atoms with Gasteiger partial charge in [0.15, 0.2) is 0 Å². The summed E-state index contributed by atoms with van der Waals surface area (Å²) in [6.07, 6.45) is 9.91. The lowest BCUT2D eigenvalue weighted by Crippen LogP contribution is -2.24. The van der Waals surface area contributed by atoms with Crippen molar-refractivity contribution in [3.05, 3.63) is 29.8 Å². The summed E-state index contributed by atoms with van der Waals surface area (Å²) in [5.41, 5.74) is 2.32. The first kappa shape index (κ1) is 12.7. The van der Waals surface area contributed by atoms with E-state index in [9.17, 15) is 4.79 Å². The fourth-order valence-corrected chi connectivity index (χ4v) is 3.61. The molecule has 1 N–H and O–H groups in total. The third kappa shape index (κ3) is 2.99. The number of amides is 1. The Morgan fingerprint density at radius 1 is 1.11 bits per heavy atom. The molecule has 104 valence electrons. The molecule has 1 amide bonds. The Kier molecular flexibility index (Phi) is 3.86. The number of anilines is 1. The first-order valence-electron chi connectivity index (χ1n) is 7.71. The summed E-state index contributed by atoms with van der Waals surface area (Å²) in [6, 6.07) is 8.22. The van der Waals surface area contributed by atoms with Crippen LogP contribution >= 0.6 is 0 Å². The van der Waals surface area contributed by atoms with Crippen LogP contribution in [0.1, 0.15) is 51.9 Å². The number of nitrogens with one attached hydrogen (secondary N) is 1. The maximum absolute atomic E-state index is 12.3. The zero-order valence-corrected chi connectivity index (χ0v) is 11.5. The van der Waals surface area contributed by atoms with Crippen LogP contribution in [0.5, 0.6) is 0 Å². The number of carbonyl (C=O) groups is 1. The highest BCUT2D eigenvalue weighted by Crippen LogP contribution is 2.33. The molecule has 0 radical (unpaired) electrons. The average molecular weight is 259 g/mol. The zero-order valence-electron chi connectivity index (χ0n) is 11.5. The highest BCUT2D eigenvalue weighted by Gasteiger charge is 2.26. The van der Waals surface area contributed by atoms with E-state index >= 15 is 0 Å². The second kappa shape index (κ2) is 5.77. The van der Waals surface area contributed by atoms with Gasteiger partial charge in [-0.05, 0) is 36.8 Å². The summed E-state index contributed by atoms with van der Waals surface area (Å²) >= 11 is 0. The summed E-state index contributed by atoms with van der Waals surface area (Å²) in [5.74, 6) is 1.25. The third-order valence-corrected chi connectivity index (χ3v) is 4.75. The summed E-state index contributed by atoms with van der Waals surface area (Å²) in [4.78, 5) is 12.3. The number of aryl methyl sites for hydroxylation is 1. The molecule has 1 saturated carbocycles. The molecule has 1 aliphatic carbocycles. The van der Waals surface area contributed by atoms with E-state index in [-0.39, 0.29) is 13.3 Å². The van der Waals surface area contributed by atoms with Crippen molar-refractivity contribution in [1.82, 2.24) is 0 Å². The van der Waals surface area contributed by atoms with Gasteiger partial charge in [0, 0.05) is 13.0 Å². The quantitative estimate of drug-likeness (QED) is 0.837. The number of para-hydroxylation sites is 1. The molecule has 0 spiro atoms. The normalized spacial score (nSPS) is 24.4. The van der Waals surface area contributed by atoms with Gasteiger partial charge in [-0.15, -0.1) is 0 Å². The molecule has 0 aromatic heterocycles. The number of hydrogen-bond acceptors (Lipinski definition) is 1. The van der Waals surface area contributed by atoms with Gasteiger partial charge in [-0.1, -0.05) is 50.3 Å². The fourth-order valence-electron chi connectivity index (χ4n) is 3.61. The van der Waals surface area contributed by atoms with Crippen LogP contribution in [0.15, 0.2) is 24.3 Å². The van der Waals surface area contributed by atoms with E-state index in [1.54, 1.807) is 0 Å². The van der Waals surface area contributed by atoms with Crippen LogP contribution < -0.4 is 5.32 Å². The number of rotatable bonds is 2. The molecule has 1 atom stereocenters. The number of benzene rings is 1. The maximum atomic E-state index is 12.3. The van der Waals surface area contributed by atoms with Crippen LogP contribution in [0.3, 0.4) is 0 Å². The Hall–Kier alpha value is -1.31. The van der Waals surface area contributed by atoms with Crippen molar-refractivity contribution >= 4 is 11.6 Å². The first-order valence-corrected chi connectivity index (χ1v) is 7.71. The molecule has 1 aromatic carbocycles. The van der Waals surface area contributed by atoms with Gasteiger partial charge in [-0.2, -0.15) is 0 Å².